The summed E-state index contributed by atoms with van der Waals surface area (Å²) in [7, 11) is 0. The second-order valence-corrected chi connectivity index (χ2v) is 15.6. The molecule has 0 saturated heterocycles. The summed E-state index contributed by atoms with van der Waals surface area (Å²) in [6, 6.07) is 71.4. The van der Waals surface area contributed by atoms with Crippen LogP contribution in [0.15, 0.2) is 200 Å². The van der Waals surface area contributed by atoms with E-state index in [0.29, 0.717) is 17.6 Å². The maximum Gasteiger partial charge on any atom is 0.238 e. The molecule has 5 nitrogen and oxygen atoms in total. The summed E-state index contributed by atoms with van der Waals surface area (Å²) in [5, 5.41) is 13.9. The molecular formula is C55H33N5. The number of rotatable bonds is 4. The van der Waals surface area contributed by atoms with Gasteiger partial charge in [0.05, 0.1) is 22.1 Å². The first kappa shape index (κ1) is 32.9. The van der Waals surface area contributed by atoms with Gasteiger partial charge in [0.2, 0.25) is 5.95 Å². The largest absolute Gasteiger partial charge is 0.309 e. The Morgan fingerprint density at radius 1 is 0.317 bits per heavy atom. The molecule has 3 heterocycles. The number of hydrogen-bond acceptors (Lipinski definition) is 3. The highest BCUT2D eigenvalue weighted by Crippen LogP contribution is 2.48. The van der Waals surface area contributed by atoms with Gasteiger partial charge < -0.3 is 4.57 Å². The summed E-state index contributed by atoms with van der Waals surface area (Å²) in [4.78, 5) is 16.2. The summed E-state index contributed by atoms with van der Waals surface area (Å²) in [6.07, 6.45) is 0. The number of fused-ring (bicyclic) bond motifs is 14. The molecule has 5 heteroatoms. The summed E-state index contributed by atoms with van der Waals surface area (Å²) in [5.41, 5.74) is 7.49. The standard InChI is InChI=1S/C55H33N5/c1-3-18-36(19-4-1)53-56-54(44-29-15-22-34-16-9-11-25-40(34)44)58-55(57-53)60-50-41-26-12-10-17-35(41)30-31-45(50)48-49-46-32-37-20-7-8-21-38(37)33-47(46)59(39-23-5-2-6-24-39)51(49)42-27-13-14-28-43(42)52(48)60/h1-33H. The minimum Gasteiger partial charge on any atom is -0.309 e. The molecule has 0 fully saturated rings. The lowest BCUT2D eigenvalue weighted by Crippen LogP contribution is -2.07. The molecule has 0 aliphatic heterocycles. The van der Waals surface area contributed by atoms with Crippen LogP contribution in [0.5, 0.6) is 0 Å². The maximum absolute atomic E-state index is 5.51. The molecule has 13 rings (SSSR count). The average molecular weight is 764 g/mol. The van der Waals surface area contributed by atoms with Crippen molar-refractivity contribution in [2.24, 2.45) is 0 Å². The van der Waals surface area contributed by atoms with Crippen LogP contribution in [0.1, 0.15) is 0 Å². The molecule has 0 N–H and O–H groups in total. The molecule has 278 valence electrons. The topological polar surface area (TPSA) is 48.5 Å². The number of hydrogen-bond donors (Lipinski definition) is 0. The Balaban J connectivity index is 1.28. The first-order valence-corrected chi connectivity index (χ1v) is 20.4. The quantitative estimate of drug-likeness (QED) is 0.179. The number of para-hydroxylation sites is 1. The van der Waals surface area contributed by atoms with E-state index in [-0.39, 0.29) is 0 Å². The Labute approximate surface area is 344 Å². The van der Waals surface area contributed by atoms with Crippen molar-refractivity contribution >= 4 is 86.7 Å². The first-order valence-electron chi connectivity index (χ1n) is 20.4. The number of nitrogens with zero attached hydrogens (tertiary/aromatic N) is 5. The SMILES string of the molecule is c1ccc(-c2nc(-c3cccc4ccccc34)nc(-n3c4c5ccccc5ccc4c4c5c6cc7ccccc7cc6n(-c6ccccc6)c5c5ccccc5c43)n2)cc1. The molecule has 0 spiro atoms. The van der Waals surface area contributed by atoms with Gasteiger partial charge in [-0.1, -0.05) is 176 Å². The van der Waals surface area contributed by atoms with Crippen LogP contribution >= 0.6 is 0 Å². The minimum absolute atomic E-state index is 0.574. The van der Waals surface area contributed by atoms with Crippen molar-refractivity contribution in [3.63, 3.8) is 0 Å². The van der Waals surface area contributed by atoms with Gasteiger partial charge in [-0.15, -0.1) is 0 Å². The van der Waals surface area contributed by atoms with Crippen molar-refractivity contribution in [1.29, 1.82) is 0 Å². The van der Waals surface area contributed by atoms with E-state index in [9.17, 15) is 0 Å². The summed E-state index contributed by atoms with van der Waals surface area (Å²) >= 11 is 0. The van der Waals surface area contributed by atoms with E-state index in [2.05, 4.69) is 191 Å². The molecule has 13 aromatic rings. The minimum atomic E-state index is 0.574. The lowest BCUT2D eigenvalue weighted by molar-refractivity contribution is 0.958. The second-order valence-electron chi connectivity index (χ2n) is 15.6. The van der Waals surface area contributed by atoms with Gasteiger partial charge in [-0.2, -0.15) is 9.97 Å². The summed E-state index contributed by atoms with van der Waals surface area (Å²) < 4.78 is 4.81. The molecule has 60 heavy (non-hydrogen) atoms. The van der Waals surface area contributed by atoms with Crippen molar-refractivity contribution in [1.82, 2.24) is 24.1 Å². The molecule has 3 aromatic heterocycles. The Kier molecular flexibility index (Phi) is 6.95. The third-order valence-electron chi connectivity index (χ3n) is 12.3. The molecule has 0 aliphatic carbocycles. The van der Waals surface area contributed by atoms with E-state index in [1.165, 1.54) is 38.0 Å². The summed E-state index contributed by atoms with van der Waals surface area (Å²) in [5.74, 6) is 1.82. The van der Waals surface area contributed by atoms with E-state index < -0.39 is 0 Å². The molecule has 0 saturated carbocycles. The molecule has 0 aliphatic rings. The number of aromatic nitrogens is 5. The van der Waals surface area contributed by atoms with Gasteiger partial charge >= 0.3 is 0 Å². The fourth-order valence-corrected chi connectivity index (χ4v) is 9.70. The lowest BCUT2D eigenvalue weighted by Gasteiger charge is -2.14. The second kappa shape index (κ2) is 12.7. The Bertz CT molecular complexity index is 3880. The molecular weight excluding hydrogens is 731 g/mol. The molecule has 0 radical (unpaired) electrons. The Hall–Kier alpha value is -8.15. The van der Waals surface area contributed by atoms with E-state index in [1.54, 1.807) is 0 Å². The van der Waals surface area contributed by atoms with Gasteiger partial charge in [0.1, 0.15) is 0 Å². The van der Waals surface area contributed by atoms with Crippen LogP contribution in [0.25, 0.3) is 121 Å². The van der Waals surface area contributed by atoms with E-state index in [0.717, 1.165) is 65.6 Å². The smallest absolute Gasteiger partial charge is 0.238 e. The van der Waals surface area contributed by atoms with Crippen LogP contribution < -0.4 is 0 Å². The Morgan fingerprint density at radius 2 is 0.867 bits per heavy atom. The van der Waals surface area contributed by atoms with Crippen LogP contribution in [0, 0.1) is 0 Å². The predicted molar refractivity (Wildman–Crippen MR) is 249 cm³/mol. The van der Waals surface area contributed by atoms with E-state index in [4.69, 9.17) is 15.0 Å². The van der Waals surface area contributed by atoms with Crippen molar-refractivity contribution in [3.05, 3.63) is 200 Å². The van der Waals surface area contributed by atoms with Gasteiger partial charge in [-0.25, -0.2) is 4.98 Å². The van der Waals surface area contributed by atoms with Crippen molar-refractivity contribution in [3.8, 4) is 34.4 Å². The predicted octanol–water partition coefficient (Wildman–Crippen LogP) is 14.0. The first-order chi connectivity index (χ1) is 29.8. The van der Waals surface area contributed by atoms with Gasteiger partial charge in [0, 0.05) is 54.5 Å². The van der Waals surface area contributed by atoms with Crippen LogP contribution in [0.3, 0.4) is 0 Å². The average Bonchev–Trinajstić information content (AvgIpc) is 3.84. The van der Waals surface area contributed by atoms with Crippen LogP contribution in [0.4, 0.5) is 0 Å². The van der Waals surface area contributed by atoms with Gasteiger partial charge in [-0.05, 0) is 51.2 Å². The molecule has 0 amide bonds. The molecule has 10 aromatic carbocycles. The van der Waals surface area contributed by atoms with E-state index in [1.807, 2.05) is 18.2 Å². The van der Waals surface area contributed by atoms with Crippen LogP contribution in [-0.2, 0) is 0 Å². The Morgan fingerprint density at radius 3 is 1.62 bits per heavy atom. The van der Waals surface area contributed by atoms with Crippen LogP contribution in [-0.4, -0.2) is 24.1 Å². The van der Waals surface area contributed by atoms with Crippen molar-refractivity contribution in [2.75, 3.05) is 0 Å². The highest BCUT2D eigenvalue weighted by atomic mass is 15.2. The van der Waals surface area contributed by atoms with Gasteiger partial charge in [-0.3, -0.25) is 4.57 Å². The van der Waals surface area contributed by atoms with E-state index >= 15 is 0 Å². The van der Waals surface area contributed by atoms with Gasteiger partial charge in [0.15, 0.2) is 11.6 Å². The molecule has 0 bridgehead atoms. The maximum atomic E-state index is 5.51. The molecule has 0 unspecified atom stereocenters. The number of benzene rings is 10. The van der Waals surface area contributed by atoms with Crippen molar-refractivity contribution < 1.29 is 0 Å². The zero-order valence-electron chi connectivity index (χ0n) is 32.3. The van der Waals surface area contributed by atoms with Gasteiger partial charge in [0.25, 0.3) is 0 Å². The zero-order valence-corrected chi connectivity index (χ0v) is 32.3. The third-order valence-corrected chi connectivity index (χ3v) is 12.3. The highest BCUT2D eigenvalue weighted by molar-refractivity contribution is 6.39. The highest BCUT2D eigenvalue weighted by Gasteiger charge is 2.27. The fraction of sp³-hybridized carbons (Fsp3) is 0. The normalized spacial score (nSPS) is 12.0. The molecule has 0 atom stereocenters. The zero-order chi connectivity index (χ0) is 39.3. The fourth-order valence-electron chi connectivity index (χ4n) is 9.70. The summed E-state index contributed by atoms with van der Waals surface area (Å²) in [6.45, 7) is 0. The third kappa shape index (κ3) is 4.71. The monoisotopic (exact) mass is 763 g/mol. The van der Waals surface area contributed by atoms with Crippen LogP contribution in [0.2, 0.25) is 0 Å². The van der Waals surface area contributed by atoms with Crippen molar-refractivity contribution in [2.45, 2.75) is 0 Å². The lowest BCUT2D eigenvalue weighted by atomic mass is 9.97.